The topological polar surface area (TPSA) is 41.6 Å². The molecule has 124 valence electrons. The van der Waals surface area contributed by atoms with Crippen LogP contribution in [0.3, 0.4) is 0 Å². The molecule has 1 amide bonds. The average molecular weight is 347 g/mol. The molecule has 1 aromatic carbocycles. The van der Waals surface area contributed by atoms with Crippen LogP contribution < -0.4 is 5.32 Å². The number of morpholine rings is 1. The molecule has 3 atom stereocenters. The number of hydrogen-bond donors (Lipinski definition) is 1. The first-order chi connectivity index (χ1) is 10.0. The predicted molar refractivity (Wildman–Crippen MR) is 91.7 cm³/mol. The third kappa shape index (κ3) is 4.35. The van der Waals surface area contributed by atoms with E-state index >= 15 is 0 Å². The maximum atomic E-state index is 12.6. The van der Waals surface area contributed by atoms with Gasteiger partial charge in [-0.3, -0.25) is 4.79 Å². The van der Waals surface area contributed by atoms with Gasteiger partial charge in [-0.2, -0.15) is 0 Å². The van der Waals surface area contributed by atoms with Crippen molar-refractivity contribution in [3.05, 3.63) is 34.9 Å². The number of rotatable bonds is 4. The van der Waals surface area contributed by atoms with Crippen molar-refractivity contribution in [3.8, 4) is 0 Å². The van der Waals surface area contributed by atoms with Crippen LogP contribution in [0, 0.1) is 5.92 Å². The van der Waals surface area contributed by atoms with Crippen molar-refractivity contribution < 1.29 is 9.53 Å². The molecule has 0 aromatic heterocycles. The summed E-state index contributed by atoms with van der Waals surface area (Å²) in [6.07, 6.45) is -0.152. The molecule has 22 heavy (non-hydrogen) atoms. The van der Waals surface area contributed by atoms with Crippen molar-refractivity contribution in [2.24, 2.45) is 5.92 Å². The van der Waals surface area contributed by atoms with Crippen LogP contribution in [0.5, 0.6) is 0 Å². The molecule has 1 aliphatic rings. The molecular formula is C16H24Cl2N2O2. The minimum absolute atomic E-state index is 0. The van der Waals surface area contributed by atoms with Crippen LogP contribution in [0.1, 0.15) is 25.5 Å². The normalized spacial score (nSPS) is 22.8. The molecule has 1 saturated heterocycles. The molecule has 6 heteroatoms. The Morgan fingerprint density at radius 3 is 2.82 bits per heavy atom. The Bertz CT molecular complexity index is 499. The second-order valence-corrected chi connectivity index (χ2v) is 6.05. The van der Waals surface area contributed by atoms with Crippen LogP contribution in [0.25, 0.3) is 0 Å². The smallest absolute Gasteiger partial charge is 0.227 e. The minimum atomic E-state index is -0.152. The number of carbonyl (C=O) groups is 1. The monoisotopic (exact) mass is 346 g/mol. The number of nitrogens with one attached hydrogen (secondary N) is 1. The number of ether oxygens (including phenoxy) is 1. The molecule has 2 rings (SSSR count). The highest BCUT2D eigenvalue weighted by molar-refractivity contribution is 6.31. The Morgan fingerprint density at radius 1 is 1.50 bits per heavy atom. The van der Waals surface area contributed by atoms with Crippen LogP contribution in [-0.4, -0.2) is 43.6 Å². The standard InChI is InChI=1S/C16H23ClN2O2.ClH/c1-11(8-18-3)16(20)19-9-15(21-10-12(19)2)13-6-4-5-7-14(13)17;/h4-7,11-12,15,18H,8-10H2,1-3H3;1H. The van der Waals surface area contributed by atoms with E-state index in [9.17, 15) is 4.79 Å². The van der Waals surface area contributed by atoms with Gasteiger partial charge in [0.1, 0.15) is 6.10 Å². The molecule has 0 bridgehead atoms. The molecule has 1 N–H and O–H groups in total. The van der Waals surface area contributed by atoms with E-state index < -0.39 is 0 Å². The van der Waals surface area contributed by atoms with Gasteiger partial charge in [0, 0.05) is 23.0 Å². The van der Waals surface area contributed by atoms with Gasteiger partial charge in [-0.15, -0.1) is 12.4 Å². The van der Waals surface area contributed by atoms with Crippen molar-refractivity contribution in [1.29, 1.82) is 0 Å². The summed E-state index contributed by atoms with van der Waals surface area (Å²) >= 11 is 6.24. The van der Waals surface area contributed by atoms with Gasteiger partial charge in [0.05, 0.1) is 19.2 Å². The highest BCUT2D eigenvalue weighted by Gasteiger charge is 2.33. The van der Waals surface area contributed by atoms with Crippen LogP contribution in [-0.2, 0) is 9.53 Å². The Balaban J connectivity index is 0.00000242. The molecule has 4 nitrogen and oxygen atoms in total. The zero-order valence-electron chi connectivity index (χ0n) is 13.2. The lowest BCUT2D eigenvalue weighted by atomic mass is 10.0. The van der Waals surface area contributed by atoms with Crippen molar-refractivity contribution in [3.63, 3.8) is 0 Å². The summed E-state index contributed by atoms with van der Waals surface area (Å²) in [5, 5.41) is 3.74. The summed E-state index contributed by atoms with van der Waals surface area (Å²) < 4.78 is 5.88. The first kappa shape index (κ1) is 19.2. The largest absolute Gasteiger partial charge is 0.369 e. The fourth-order valence-electron chi connectivity index (χ4n) is 2.66. The fourth-order valence-corrected chi connectivity index (χ4v) is 2.92. The minimum Gasteiger partial charge on any atom is -0.369 e. The van der Waals surface area contributed by atoms with E-state index in [0.717, 1.165) is 5.56 Å². The van der Waals surface area contributed by atoms with E-state index in [0.29, 0.717) is 24.7 Å². The van der Waals surface area contributed by atoms with Gasteiger partial charge >= 0.3 is 0 Å². The molecule has 1 aromatic rings. The summed E-state index contributed by atoms with van der Waals surface area (Å²) in [7, 11) is 1.86. The summed E-state index contributed by atoms with van der Waals surface area (Å²) in [6, 6.07) is 7.75. The molecule has 1 fully saturated rings. The Hall–Kier alpha value is -0.810. The highest BCUT2D eigenvalue weighted by atomic mass is 35.5. The number of carbonyl (C=O) groups excluding carboxylic acids is 1. The van der Waals surface area contributed by atoms with E-state index in [1.165, 1.54) is 0 Å². The lowest BCUT2D eigenvalue weighted by Gasteiger charge is -2.39. The van der Waals surface area contributed by atoms with Crippen molar-refractivity contribution in [2.75, 3.05) is 26.7 Å². The Labute approximate surface area is 143 Å². The summed E-state index contributed by atoms with van der Waals surface area (Å²) in [4.78, 5) is 14.5. The Kier molecular flexibility index (Phi) is 7.63. The number of benzene rings is 1. The molecule has 0 spiro atoms. The number of hydrogen-bond acceptors (Lipinski definition) is 3. The zero-order chi connectivity index (χ0) is 15.4. The van der Waals surface area contributed by atoms with E-state index in [1.54, 1.807) is 0 Å². The summed E-state index contributed by atoms with van der Waals surface area (Å²) in [5.74, 6) is 0.125. The molecule has 3 unspecified atom stereocenters. The maximum absolute atomic E-state index is 12.6. The van der Waals surface area contributed by atoms with Crippen molar-refractivity contribution in [1.82, 2.24) is 10.2 Å². The molecule has 1 aliphatic heterocycles. The number of halogens is 2. The molecule has 0 saturated carbocycles. The van der Waals surface area contributed by atoms with Crippen molar-refractivity contribution >= 4 is 29.9 Å². The van der Waals surface area contributed by atoms with Crippen LogP contribution in [0.2, 0.25) is 5.02 Å². The van der Waals surface area contributed by atoms with Gasteiger partial charge in [0.2, 0.25) is 5.91 Å². The second kappa shape index (κ2) is 8.73. The van der Waals surface area contributed by atoms with E-state index in [-0.39, 0.29) is 36.4 Å². The third-order valence-electron chi connectivity index (χ3n) is 3.90. The van der Waals surface area contributed by atoms with Gasteiger partial charge in [0.25, 0.3) is 0 Å². The summed E-state index contributed by atoms with van der Waals surface area (Å²) in [5.41, 5.74) is 0.949. The van der Waals surface area contributed by atoms with Crippen LogP contribution >= 0.6 is 24.0 Å². The van der Waals surface area contributed by atoms with E-state index in [1.807, 2.05) is 50.1 Å². The van der Waals surface area contributed by atoms with Gasteiger partial charge in [0.15, 0.2) is 0 Å². The van der Waals surface area contributed by atoms with E-state index in [2.05, 4.69) is 5.32 Å². The molecule has 1 heterocycles. The van der Waals surface area contributed by atoms with Crippen LogP contribution in [0.15, 0.2) is 24.3 Å². The van der Waals surface area contributed by atoms with Gasteiger partial charge in [-0.25, -0.2) is 0 Å². The molecular weight excluding hydrogens is 323 g/mol. The predicted octanol–water partition coefficient (Wildman–Crippen LogP) is 2.91. The fraction of sp³-hybridized carbons (Fsp3) is 0.562. The lowest BCUT2D eigenvalue weighted by Crippen LogP contribution is -2.51. The summed E-state index contributed by atoms with van der Waals surface area (Å²) in [6.45, 7) is 5.74. The van der Waals surface area contributed by atoms with Gasteiger partial charge < -0.3 is 15.0 Å². The molecule has 0 aliphatic carbocycles. The number of amides is 1. The SMILES string of the molecule is CNCC(C)C(=O)N1CC(c2ccccc2Cl)OCC1C.Cl. The van der Waals surface area contributed by atoms with Gasteiger partial charge in [-0.05, 0) is 20.0 Å². The highest BCUT2D eigenvalue weighted by Crippen LogP contribution is 2.30. The molecule has 0 radical (unpaired) electrons. The lowest BCUT2D eigenvalue weighted by molar-refractivity contribution is -0.148. The third-order valence-corrected chi connectivity index (χ3v) is 4.24. The van der Waals surface area contributed by atoms with E-state index in [4.69, 9.17) is 16.3 Å². The number of nitrogens with zero attached hydrogens (tertiary/aromatic N) is 1. The first-order valence-corrected chi connectivity index (χ1v) is 7.73. The van der Waals surface area contributed by atoms with Gasteiger partial charge in [-0.1, -0.05) is 36.7 Å². The maximum Gasteiger partial charge on any atom is 0.227 e. The average Bonchev–Trinajstić information content (AvgIpc) is 2.48. The first-order valence-electron chi connectivity index (χ1n) is 7.35. The van der Waals surface area contributed by atoms with Crippen LogP contribution in [0.4, 0.5) is 0 Å². The van der Waals surface area contributed by atoms with Crippen molar-refractivity contribution in [2.45, 2.75) is 26.0 Å². The zero-order valence-corrected chi connectivity index (χ0v) is 14.8. The second-order valence-electron chi connectivity index (χ2n) is 5.64. The Morgan fingerprint density at radius 2 is 2.18 bits per heavy atom. The quantitative estimate of drug-likeness (QED) is 0.911.